The van der Waals surface area contributed by atoms with Gasteiger partial charge < -0.3 is 0 Å². The first kappa shape index (κ1) is 12.9. The van der Waals surface area contributed by atoms with E-state index in [-0.39, 0.29) is 10.7 Å². The number of hydrogen-bond donors (Lipinski definition) is 0. The van der Waals surface area contributed by atoms with Crippen molar-refractivity contribution in [1.82, 2.24) is 0 Å². The fraction of sp³-hybridized carbons (Fsp3) is 0.333. The zero-order chi connectivity index (χ0) is 12.2. The Morgan fingerprint density at radius 2 is 2.12 bits per heavy atom. The third-order valence-corrected chi connectivity index (χ3v) is 3.33. The zero-order valence-electron chi connectivity index (χ0n) is 9.40. The molecule has 0 saturated heterocycles. The molecular weight excluding hydrogens is 227 g/mol. The minimum atomic E-state index is -3.18. The topological polar surface area (TPSA) is 34.1 Å². The van der Waals surface area contributed by atoms with Gasteiger partial charge in [-0.3, -0.25) is 0 Å². The molecule has 0 atom stereocenters. The Morgan fingerprint density at radius 3 is 2.69 bits per heavy atom. The summed E-state index contributed by atoms with van der Waals surface area (Å²) in [6, 6.07) is 6.57. The van der Waals surface area contributed by atoms with Crippen LogP contribution < -0.4 is 0 Å². The van der Waals surface area contributed by atoms with Crippen molar-refractivity contribution in [3.63, 3.8) is 0 Å². The molecule has 0 saturated carbocycles. The summed E-state index contributed by atoms with van der Waals surface area (Å²) in [5, 5.41) is 0. The van der Waals surface area contributed by atoms with Crippen LogP contribution in [0.5, 0.6) is 0 Å². The van der Waals surface area contributed by atoms with Crippen LogP contribution in [0.25, 0.3) is 0 Å². The van der Waals surface area contributed by atoms with E-state index < -0.39 is 9.84 Å². The van der Waals surface area contributed by atoms with Crippen LogP contribution in [-0.4, -0.2) is 14.7 Å². The van der Waals surface area contributed by atoms with Crippen molar-refractivity contribution in [2.75, 3.05) is 6.26 Å². The van der Waals surface area contributed by atoms with Crippen molar-refractivity contribution in [1.29, 1.82) is 0 Å². The first-order chi connectivity index (χ1) is 7.43. The third kappa shape index (κ3) is 3.77. The van der Waals surface area contributed by atoms with Crippen LogP contribution in [0.4, 0.5) is 4.39 Å². The highest BCUT2D eigenvalue weighted by molar-refractivity contribution is 7.90. The highest BCUT2D eigenvalue weighted by Gasteiger charge is 2.06. The van der Waals surface area contributed by atoms with E-state index >= 15 is 0 Å². The lowest BCUT2D eigenvalue weighted by Gasteiger charge is -2.01. The van der Waals surface area contributed by atoms with Gasteiger partial charge in [-0.05, 0) is 36.6 Å². The summed E-state index contributed by atoms with van der Waals surface area (Å²) in [4.78, 5) is 0.273. The predicted molar refractivity (Wildman–Crippen MR) is 62.7 cm³/mol. The van der Waals surface area contributed by atoms with Crippen LogP contribution in [0.3, 0.4) is 0 Å². The van der Waals surface area contributed by atoms with E-state index in [4.69, 9.17) is 0 Å². The molecule has 1 aromatic rings. The van der Waals surface area contributed by atoms with Crippen molar-refractivity contribution in [3.8, 4) is 0 Å². The molecule has 0 aliphatic rings. The average molecular weight is 242 g/mol. The van der Waals surface area contributed by atoms with Gasteiger partial charge in [0.15, 0.2) is 9.84 Å². The summed E-state index contributed by atoms with van der Waals surface area (Å²) in [6.07, 6.45) is 3.42. The molecule has 0 aliphatic carbocycles. The van der Waals surface area contributed by atoms with Gasteiger partial charge in [-0.1, -0.05) is 19.1 Å². The fourth-order valence-electron chi connectivity index (χ4n) is 1.28. The van der Waals surface area contributed by atoms with Crippen molar-refractivity contribution in [2.24, 2.45) is 0 Å². The minimum absolute atomic E-state index is 0.176. The Kier molecular flexibility index (Phi) is 4.24. The molecule has 16 heavy (non-hydrogen) atoms. The van der Waals surface area contributed by atoms with Gasteiger partial charge in [-0.15, -0.1) is 0 Å². The van der Waals surface area contributed by atoms with Gasteiger partial charge in [0.1, 0.15) is 0 Å². The van der Waals surface area contributed by atoms with E-state index in [0.717, 1.165) is 11.8 Å². The lowest BCUT2D eigenvalue weighted by molar-refractivity contribution is 0.599. The summed E-state index contributed by atoms with van der Waals surface area (Å²) >= 11 is 0. The van der Waals surface area contributed by atoms with E-state index in [1.165, 1.54) is 6.08 Å². The maximum absolute atomic E-state index is 12.9. The third-order valence-electron chi connectivity index (χ3n) is 2.22. The first-order valence-corrected chi connectivity index (χ1v) is 6.96. The second kappa shape index (κ2) is 5.25. The molecule has 0 fully saturated rings. The maximum atomic E-state index is 12.9. The van der Waals surface area contributed by atoms with Gasteiger partial charge in [-0.25, -0.2) is 12.8 Å². The Labute approximate surface area is 95.7 Å². The highest BCUT2D eigenvalue weighted by atomic mass is 32.2. The zero-order valence-corrected chi connectivity index (χ0v) is 10.2. The molecule has 88 valence electrons. The Hall–Kier alpha value is -1.16. The first-order valence-electron chi connectivity index (χ1n) is 5.07. The molecule has 0 aliphatic heterocycles. The summed E-state index contributed by atoms with van der Waals surface area (Å²) in [7, 11) is -3.18. The summed E-state index contributed by atoms with van der Waals surface area (Å²) in [5.41, 5.74) is 0.798. The van der Waals surface area contributed by atoms with Crippen molar-refractivity contribution in [3.05, 3.63) is 41.7 Å². The van der Waals surface area contributed by atoms with E-state index in [2.05, 4.69) is 0 Å². The Bertz CT molecular complexity index is 489. The van der Waals surface area contributed by atoms with Crippen molar-refractivity contribution >= 4 is 9.84 Å². The van der Waals surface area contributed by atoms with Gasteiger partial charge in [-0.2, -0.15) is 0 Å². The molecule has 0 N–H and O–H groups in total. The van der Waals surface area contributed by atoms with E-state index in [1.807, 2.05) is 0 Å². The minimum Gasteiger partial charge on any atom is -0.224 e. The molecule has 1 rings (SSSR count). The summed E-state index contributed by atoms with van der Waals surface area (Å²) in [5.74, 6) is -0.176. The van der Waals surface area contributed by atoms with E-state index in [1.54, 1.807) is 31.2 Å². The van der Waals surface area contributed by atoms with Crippen LogP contribution in [-0.2, 0) is 16.3 Å². The second-order valence-corrected chi connectivity index (χ2v) is 5.64. The maximum Gasteiger partial charge on any atom is 0.175 e. The molecular formula is C12H15FO2S. The molecule has 0 amide bonds. The number of allylic oxidation sites excluding steroid dienone is 2. The summed E-state index contributed by atoms with van der Waals surface area (Å²) < 4.78 is 35.5. The van der Waals surface area contributed by atoms with Gasteiger partial charge in [0.25, 0.3) is 0 Å². The molecule has 0 radical (unpaired) electrons. The molecule has 0 spiro atoms. The van der Waals surface area contributed by atoms with Crippen molar-refractivity contribution in [2.45, 2.75) is 24.7 Å². The number of benzene rings is 1. The second-order valence-electron chi connectivity index (χ2n) is 3.63. The number of halogens is 1. The van der Waals surface area contributed by atoms with E-state index in [0.29, 0.717) is 12.8 Å². The van der Waals surface area contributed by atoms with Crippen LogP contribution in [0.2, 0.25) is 0 Å². The molecule has 0 heterocycles. The fourth-order valence-corrected chi connectivity index (χ4v) is 1.97. The van der Waals surface area contributed by atoms with Gasteiger partial charge >= 0.3 is 0 Å². The lowest BCUT2D eigenvalue weighted by Crippen LogP contribution is -1.97. The molecule has 4 heteroatoms. The smallest absolute Gasteiger partial charge is 0.175 e. The van der Waals surface area contributed by atoms with Crippen LogP contribution >= 0.6 is 0 Å². The average Bonchev–Trinajstić information content (AvgIpc) is 2.25. The number of hydrogen-bond acceptors (Lipinski definition) is 2. The van der Waals surface area contributed by atoms with Gasteiger partial charge in [0.2, 0.25) is 0 Å². The highest BCUT2D eigenvalue weighted by Crippen LogP contribution is 2.13. The number of sulfone groups is 1. The van der Waals surface area contributed by atoms with Crippen LogP contribution in [0, 0.1) is 0 Å². The SMILES string of the molecule is CC/C(F)=C\Cc1cccc(S(C)(=O)=O)c1. The quantitative estimate of drug-likeness (QED) is 0.813. The van der Waals surface area contributed by atoms with Crippen LogP contribution in [0.1, 0.15) is 18.9 Å². The summed E-state index contributed by atoms with van der Waals surface area (Å²) in [6.45, 7) is 1.73. The largest absolute Gasteiger partial charge is 0.224 e. The molecule has 2 nitrogen and oxygen atoms in total. The molecule has 0 bridgehead atoms. The van der Waals surface area contributed by atoms with E-state index in [9.17, 15) is 12.8 Å². The normalized spacial score (nSPS) is 12.8. The monoisotopic (exact) mass is 242 g/mol. The van der Waals surface area contributed by atoms with Gasteiger partial charge in [0.05, 0.1) is 10.7 Å². The van der Waals surface area contributed by atoms with Gasteiger partial charge in [0, 0.05) is 6.26 Å². The predicted octanol–water partition coefficient (Wildman–Crippen LogP) is 2.90. The van der Waals surface area contributed by atoms with Crippen LogP contribution in [0.15, 0.2) is 41.1 Å². The Balaban J connectivity index is 2.92. The Morgan fingerprint density at radius 1 is 1.44 bits per heavy atom. The molecule has 0 unspecified atom stereocenters. The number of rotatable bonds is 4. The lowest BCUT2D eigenvalue weighted by atomic mass is 10.1. The van der Waals surface area contributed by atoms with Crippen molar-refractivity contribution < 1.29 is 12.8 Å². The molecule has 1 aromatic carbocycles. The molecule has 0 aromatic heterocycles. The standard InChI is InChI=1S/C12H15FO2S/c1-3-11(13)8-7-10-5-4-6-12(9-10)16(2,14)15/h4-6,8-9H,3,7H2,1-2H3/b11-8+.